The Hall–Kier alpha value is -4.83. The molecule has 0 saturated carbocycles. The van der Waals surface area contributed by atoms with Crippen LogP contribution in [-0.4, -0.2) is 86.5 Å². The third-order valence-electron chi connectivity index (χ3n) is 8.65. The number of halogens is 3. The SMILES string of the molecule is C#CC(OC(C)=O)C(=O)N(CC1CN(C(=O)OC(C)(C)C)CC1F)C(c1nc(-c2cc(F)ccc2F)cn1Cc1ccccc1)C(C)(C)CCO. The Morgan fingerprint density at radius 2 is 1.78 bits per heavy atom. The highest BCUT2D eigenvalue weighted by molar-refractivity contribution is 5.86. The van der Waals surface area contributed by atoms with Gasteiger partial charge in [-0.05, 0) is 56.4 Å². The first-order valence-electron chi connectivity index (χ1n) is 16.7. The Kier molecular flexibility index (Phi) is 12.2. The largest absolute Gasteiger partial charge is 0.444 e. The van der Waals surface area contributed by atoms with Gasteiger partial charge in [0.25, 0.3) is 5.91 Å². The van der Waals surface area contributed by atoms with Crippen LogP contribution in [0.25, 0.3) is 11.3 Å². The summed E-state index contributed by atoms with van der Waals surface area (Å²) < 4.78 is 57.9. The Morgan fingerprint density at radius 3 is 2.39 bits per heavy atom. The number of rotatable bonds is 12. The number of nitrogens with zero attached hydrogens (tertiary/aromatic N) is 4. The minimum atomic E-state index is -1.71. The summed E-state index contributed by atoms with van der Waals surface area (Å²) in [5, 5.41) is 10.2. The Bertz CT molecular complexity index is 1750. The van der Waals surface area contributed by atoms with Crippen LogP contribution >= 0.6 is 0 Å². The Morgan fingerprint density at radius 1 is 1.10 bits per heavy atom. The zero-order chi connectivity index (χ0) is 37.7. The van der Waals surface area contributed by atoms with Gasteiger partial charge in [-0.15, -0.1) is 6.42 Å². The zero-order valence-electron chi connectivity index (χ0n) is 29.7. The van der Waals surface area contributed by atoms with Crippen molar-refractivity contribution in [2.24, 2.45) is 11.3 Å². The normalized spacial score (nSPS) is 17.4. The van der Waals surface area contributed by atoms with Gasteiger partial charge in [-0.3, -0.25) is 9.59 Å². The number of alkyl halides is 1. The molecule has 1 N–H and O–H groups in total. The summed E-state index contributed by atoms with van der Waals surface area (Å²) in [4.78, 5) is 46.8. The predicted molar refractivity (Wildman–Crippen MR) is 184 cm³/mol. The molecule has 274 valence electrons. The number of aromatic nitrogens is 2. The van der Waals surface area contributed by atoms with E-state index in [1.165, 1.54) is 16.0 Å². The Balaban J connectivity index is 1.92. The van der Waals surface area contributed by atoms with Crippen molar-refractivity contribution in [3.8, 4) is 23.6 Å². The average Bonchev–Trinajstić information content (AvgIpc) is 3.62. The lowest BCUT2D eigenvalue weighted by atomic mass is 9.79. The summed E-state index contributed by atoms with van der Waals surface area (Å²) in [7, 11) is 0. The van der Waals surface area contributed by atoms with Crippen molar-refractivity contribution < 1.29 is 42.1 Å². The molecule has 13 heteroatoms. The van der Waals surface area contributed by atoms with Crippen LogP contribution in [0.4, 0.5) is 18.0 Å². The molecule has 2 heterocycles. The van der Waals surface area contributed by atoms with Crippen molar-refractivity contribution in [3.05, 3.63) is 77.8 Å². The van der Waals surface area contributed by atoms with Crippen molar-refractivity contribution in [2.45, 2.75) is 78.4 Å². The van der Waals surface area contributed by atoms with E-state index in [-0.39, 0.29) is 56.3 Å². The highest BCUT2D eigenvalue weighted by Crippen LogP contribution is 2.43. The van der Waals surface area contributed by atoms with E-state index in [0.29, 0.717) is 0 Å². The second kappa shape index (κ2) is 16.0. The molecular weight excluding hydrogens is 665 g/mol. The van der Waals surface area contributed by atoms with E-state index >= 15 is 8.78 Å². The molecule has 1 fully saturated rings. The highest BCUT2D eigenvalue weighted by Gasteiger charge is 2.46. The molecule has 3 aromatic rings. The number of likely N-dealkylation sites (tertiary alicyclic amines) is 1. The van der Waals surface area contributed by atoms with Crippen LogP contribution < -0.4 is 0 Å². The summed E-state index contributed by atoms with van der Waals surface area (Å²) >= 11 is 0. The molecule has 0 bridgehead atoms. The van der Waals surface area contributed by atoms with Crippen LogP contribution in [0.3, 0.4) is 0 Å². The standard InChI is InChI=1S/C38H45F3N4O6/c1-8-32(50-24(2)47)35(48)45(21-26-20-44(22-30(26)41)36(49)51-37(3,4)5)33(38(6,7)16-17-46)34-42-31(28-18-27(39)14-15-29(28)40)23-43(34)19-25-12-10-9-11-13-25/h1,9-15,18,23,26,30,32-33,46H,16-17,19-22H2,2-7H3. The van der Waals surface area contributed by atoms with Crippen LogP contribution in [-0.2, 0) is 25.6 Å². The summed E-state index contributed by atoms with van der Waals surface area (Å²) in [5.41, 5.74) is -1.13. The number of hydrogen-bond acceptors (Lipinski definition) is 7. The molecule has 4 atom stereocenters. The number of hydrogen-bond donors (Lipinski definition) is 1. The van der Waals surface area contributed by atoms with E-state index in [2.05, 4.69) is 5.92 Å². The van der Waals surface area contributed by atoms with Crippen LogP contribution in [0.1, 0.15) is 65.4 Å². The van der Waals surface area contributed by atoms with Gasteiger partial charge in [0.15, 0.2) is 0 Å². The molecule has 1 aromatic heterocycles. The molecule has 0 aliphatic carbocycles. The van der Waals surface area contributed by atoms with Gasteiger partial charge in [-0.1, -0.05) is 50.1 Å². The number of aliphatic hydroxyl groups excluding tert-OH is 1. The number of benzene rings is 2. The van der Waals surface area contributed by atoms with E-state index in [1.54, 1.807) is 39.2 Å². The number of amides is 2. The smallest absolute Gasteiger partial charge is 0.410 e. The van der Waals surface area contributed by atoms with Crippen molar-refractivity contribution in [1.82, 2.24) is 19.4 Å². The van der Waals surface area contributed by atoms with Gasteiger partial charge in [0.2, 0.25) is 6.10 Å². The quantitative estimate of drug-likeness (QED) is 0.183. The topological polar surface area (TPSA) is 114 Å². The van der Waals surface area contributed by atoms with Crippen molar-refractivity contribution in [1.29, 1.82) is 0 Å². The van der Waals surface area contributed by atoms with E-state index < -0.39 is 64.9 Å². The third kappa shape index (κ3) is 9.70. The van der Waals surface area contributed by atoms with Gasteiger partial charge >= 0.3 is 12.1 Å². The number of aliphatic hydroxyl groups is 1. The number of carbonyl (C=O) groups is 3. The zero-order valence-corrected chi connectivity index (χ0v) is 29.7. The molecule has 0 spiro atoms. The van der Waals surface area contributed by atoms with Crippen molar-refractivity contribution >= 4 is 18.0 Å². The molecule has 4 unspecified atom stereocenters. The lowest BCUT2D eigenvalue weighted by Gasteiger charge is -2.43. The molecule has 10 nitrogen and oxygen atoms in total. The number of carbonyl (C=O) groups excluding carboxylic acids is 3. The van der Waals surface area contributed by atoms with Gasteiger partial charge in [-0.2, -0.15) is 0 Å². The van der Waals surface area contributed by atoms with Gasteiger partial charge in [0, 0.05) is 50.8 Å². The fraction of sp³-hybridized carbons (Fsp3) is 0.474. The van der Waals surface area contributed by atoms with Crippen molar-refractivity contribution in [2.75, 3.05) is 26.2 Å². The van der Waals surface area contributed by atoms with E-state index in [1.807, 2.05) is 30.3 Å². The Labute approximate surface area is 296 Å². The molecule has 2 amide bonds. The van der Waals surface area contributed by atoms with E-state index in [9.17, 15) is 23.9 Å². The number of ether oxygens (including phenoxy) is 2. The lowest BCUT2D eigenvalue weighted by molar-refractivity contribution is -0.158. The van der Waals surface area contributed by atoms with Gasteiger partial charge < -0.3 is 28.9 Å². The molecule has 4 rings (SSSR count). The first-order chi connectivity index (χ1) is 23.9. The predicted octanol–water partition coefficient (Wildman–Crippen LogP) is 5.92. The summed E-state index contributed by atoms with van der Waals surface area (Å²) in [6, 6.07) is 11.1. The first-order valence-corrected chi connectivity index (χ1v) is 16.7. The van der Waals surface area contributed by atoms with Crippen molar-refractivity contribution in [3.63, 3.8) is 0 Å². The maximum atomic E-state index is 15.9. The maximum Gasteiger partial charge on any atom is 0.410 e. The van der Waals surface area contributed by atoms with E-state index in [4.69, 9.17) is 20.9 Å². The third-order valence-corrected chi connectivity index (χ3v) is 8.65. The minimum Gasteiger partial charge on any atom is -0.444 e. The van der Waals surface area contributed by atoms with Crippen LogP contribution in [0.15, 0.2) is 54.7 Å². The summed E-state index contributed by atoms with van der Waals surface area (Å²) in [6.07, 6.45) is 3.33. The van der Waals surface area contributed by atoms with Crippen LogP contribution in [0.5, 0.6) is 0 Å². The summed E-state index contributed by atoms with van der Waals surface area (Å²) in [5.74, 6) is -1.65. The number of terminal acetylenes is 1. The molecule has 2 aromatic carbocycles. The van der Waals surface area contributed by atoms with Gasteiger partial charge in [0.1, 0.15) is 29.2 Å². The molecule has 0 radical (unpaired) electrons. The first kappa shape index (κ1) is 39.0. The lowest BCUT2D eigenvalue weighted by Crippen LogP contribution is -2.51. The number of imidazole rings is 1. The fourth-order valence-electron chi connectivity index (χ4n) is 6.24. The minimum absolute atomic E-state index is 0.0592. The molecule has 1 saturated heterocycles. The second-order valence-corrected chi connectivity index (χ2v) is 14.4. The number of esters is 1. The maximum absolute atomic E-state index is 15.9. The van der Waals surface area contributed by atoms with Crippen LogP contribution in [0, 0.1) is 35.3 Å². The van der Waals surface area contributed by atoms with Gasteiger partial charge in [0.05, 0.1) is 18.3 Å². The molecule has 1 aliphatic heterocycles. The average molecular weight is 711 g/mol. The molecule has 51 heavy (non-hydrogen) atoms. The second-order valence-electron chi connectivity index (χ2n) is 14.4. The monoisotopic (exact) mass is 710 g/mol. The van der Waals surface area contributed by atoms with E-state index in [0.717, 1.165) is 30.7 Å². The van der Waals surface area contributed by atoms with Crippen LogP contribution in [0.2, 0.25) is 0 Å². The fourth-order valence-corrected chi connectivity index (χ4v) is 6.24. The molecular formula is C38H45F3N4O6. The summed E-state index contributed by atoms with van der Waals surface area (Å²) in [6.45, 7) is 8.84. The molecule has 1 aliphatic rings. The van der Waals surface area contributed by atoms with Gasteiger partial charge in [-0.25, -0.2) is 22.9 Å². The highest BCUT2D eigenvalue weighted by atomic mass is 19.1.